The van der Waals surface area contributed by atoms with Gasteiger partial charge in [-0.25, -0.2) is 0 Å². The van der Waals surface area contributed by atoms with Crippen LogP contribution < -0.4 is 5.11 Å². The van der Waals surface area contributed by atoms with E-state index in [0.29, 0.717) is 12.8 Å². The first-order valence-electron chi connectivity index (χ1n) is 21.7. The Morgan fingerprint density at radius 2 is 0.962 bits per heavy atom. The molecule has 0 fully saturated rings. The normalized spacial score (nSPS) is 13.0. The zero-order valence-corrected chi connectivity index (χ0v) is 34.7. The summed E-state index contributed by atoms with van der Waals surface area (Å²) >= 11 is 0. The highest BCUT2D eigenvalue weighted by atomic mass is 16.6. The Kier molecular flexibility index (Phi) is 34.7. The molecule has 52 heavy (non-hydrogen) atoms. The number of unbranched alkanes of at least 4 members (excludes halogenated alkanes) is 23. The Labute approximate surface area is 320 Å². The summed E-state index contributed by atoms with van der Waals surface area (Å²) in [6, 6.07) is -0.721. The lowest BCUT2D eigenvalue weighted by atomic mass is 10.1. The fourth-order valence-corrected chi connectivity index (χ4v) is 6.48. The predicted molar refractivity (Wildman–Crippen MR) is 213 cm³/mol. The van der Waals surface area contributed by atoms with Crippen molar-refractivity contribution < 1.29 is 38.2 Å². The molecule has 0 rings (SSSR count). The number of quaternary nitrogens is 1. The maximum atomic E-state index is 12.6. The molecular weight excluding hydrogens is 654 g/mol. The van der Waals surface area contributed by atoms with Gasteiger partial charge in [0.1, 0.15) is 12.6 Å². The minimum Gasteiger partial charge on any atom is -0.544 e. The van der Waals surface area contributed by atoms with E-state index in [2.05, 4.69) is 26.0 Å². The van der Waals surface area contributed by atoms with Crippen LogP contribution in [0.3, 0.4) is 0 Å². The third-order valence-electron chi connectivity index (χ3n) is 9.90. The lowest BCUT2D eigenvalue weighted by Gasteiger charge is -2.34. The van der Waals surface area contributed by atoms with E-state index in [1.54, 1.807) is 21.1 Å². The topological polar surface area (TPSA) is 102 Å². The van der Waals surface area contributed by atoms with Gasteiger partial charge in [0.05, 0.1) is 40.3 Å². The van der Waals surface area contributed by atoms with Crippen molar-refractivity contribution in [2.45, 2.75) is 212 Å². The van der Waals surface area contributed by atoms with E-state index in [-0.39, 0.29) is 42.7 Å². The van der Waals surface area contributed by atoms with Crippen molar-refractivity contribution in [3.63, 3.8) is 0 Å². The molecule has 0 radical (unpaired) electrons. The van der Waals surface area contributed by atoms with Crippen LogP contribution in [0.1, 0.15) is 200 Å². The standard InChI is InChI=1S/C44H83NO7/c1-6-8-10-12-14-16-17-18-19-20-21-22-23-24-25-27-28-30-32-34-42(46)51-39-40(38-50-37-36-41(44(48)49)45(3,4)5)52-43(47)35-33-31-29-26-15-13-11-9-7-2/h20-21,40-41H,6-19,22-39H2,1-5H3/b21-20+. The van der Waals surface area contributed by atoms with Gasteiger partial charge in [0.15, 0.2) is 6.10 Å². The molecule has 0 N–H and O–H groups in total. The fourth-order valence-electron chi connectivity index (χ4n) is 6.48. The Balaban J connectivity index is 4.23. The average Bonchev–Trinajstić information content (AvgIpc) is 3.09. The number of allylic oxidation sites excluding steroid dienone is 2. The van der Waals surface area contributed by atoms with E-state index in [4.69, 9.17) is 14.2 Å². The highest BCUT2D eigenvalue weighted by Gasteiger charge is 2.25. The zero-order chi connectivity index (χ0) is 38.5. The van der Waals surface area contributed by atoms with Crippen LogP contribution in [-0.4, -0.2) is 75.5 Å². The molecule has 8 nitrogen and oxygen atoms in total. The van der Waals surface area contributed by atoms with Crippen LogP contribution in [0.15, 0.2) is 12.2 Å². The van der Waals surface area contributed by atoms with Crippen molar-refractivity contribution in [1.29, 1.82) is 0 Å². The van der Waals surface area contributed by atoms with E-state index >= 15 is 0 Å². The fraction of sp³-hybridized carbons (Fsp3) is 0.886. The molecule has 0 saturated carbocycles. The summed E-state index contributed by atoms with van der Waals surface area (Å²) in [5, 5.41) is 11.6. The van der Waals surface area contributed by atoms with Gasteiger partial charge in [0, 0.05) is 19.3 Å². The number of aliphatic carboxylic acids is 1. The molecule has 0 aliphatic carbocycles. The van der Waals surface area contributed by atoms with Crippen molar-refractivity contribution in [2.24, 2.45) is 0 Å². The molecule has 0 aromatic heterocycles. The number of esters is 2. The number of hydrogen-bond donors (Lipinski definition) is 0. The van der Waals surface area contributed by atoms with Crippen LogP contribution >= 0.6 is 0 Å². The Morgan fingerprint density at radius 1 is 0.558 bits per heavy atom. The summed E-state index contributed by atoms with van der Waals surface area (Å²) in [4.78, 5) is 36.7. The van der Waals surface area contributed by atoms with E-state index in [1.807, 2.05) is 0 Å². The first kappa shape index (κ1) is 50.1. The van der Waals surface area contributed by atoms with Gasteiger partial charge >= 0.3 is 11.9 Å². The van der Waals surface area contributed by atoms with Gasteiger partial charge in [0.25, 0.3) is 0 Å². The highest BCUT2D eigenvalue weighted by Crippen LogP contribution is 2.14. The van der Waals surface area contributed by atoms with Crippen LogP contribution in [0.25, 0.3) is 0 Å². The van der Waals surface area contributed by atoms with E-state index < -0.39 is 18.1 Å². The van der Waals surface area contributed by atoms with Crippen LogP contribution in [0.4, 0.5) is 0 Å². The maximum Gasteiger partial charge on any atom is 0.306 e. The quantitative estimate of drug-likeness (QED) is 0.0268. The number of carboxylic acid groups (broad SMARTS) is 1. The summed E-state index contributed by atoms with van der Waals surface area (Å²) < 4.78 is 17.1. The Hall–Kier alpha value is -1.93. The molecule has 0 aliphatic rings. The molecule has 0 aliphatic heterocycles. The molecule has 0 heterocycles. The van der Waals surface area contributed by atoms with Crippen LogP contribution in [0.5, 0.6) is 0 Å². The minimum atomic E-state index is -1.12. The van der Waals surface area contributed by atoms with E-state index in [9.17, 15) is 19.5 Å². The number of likely N-dealkylation sites (N-methyl/N-ethyl adjacent to an activating group) is 1. The maximum absolute atomic E-state index is 12.6. The number of rotatable bonds is 39. The second-order valence-corrected chi connectivity index (χ2v) is 15.9. The van der Waals surface area contributed by atoms with Gasteiger partial charge in [-0.3, -0.25) is 9.59 Å². The molecule has 2 atom stereocenters. The van der Waals surface area contributed by atoms with Gasteiger partial charge in [-0.1, -0.05) is 154 Å². The van der Waals surface area contributed by atoms with E-state index in [1.165, 1.54) is 128 Å². The van der Waals surface area contributed by atoms with Crippen LogP contribution in [-0.2, 0) is 28.6 Å². The summed E-state index contributed by atoms with van der Waals surface area (Å²) in [5.74, 6) is -1.73. The number of carbonyl (C=O) groups is 3. The molecular formula is C44H83NO7. The van der Waals surface area contributed by atoms with E-state index in [0.717, 1.165) is 38.5 Å². The third-order valence-corrected chi connectivity index (χ3v) is 9.90. The lowest BCUT2D eigenvalue weighted by molar-refractivity contribution is -0.889. The molecule has 0 amide bonds. The lowest BCUT2D eigenvalue weighted by Crippen LogP contribution is -2.55. The number of carbonyl (C=O) groups excluding carboxylic acids is 3. The van der Waals surface area contributed by atoms with Gasteiger partial charge in [-0.2, -0.15) is 0 Å². The van der Waals surface area contributed by atoms with Crippen molar-refractivity contribution in [2.75, 3.05) is 41.0 Å². The van der Waals surface area contributed by atoms with Crippen molar-refractivity contribution >= 4 is 17.9 Å². The average molecular weight is 738 g/mol. The SMILES string of the molecule is CCCCCCCCCC/C=C/CCCCCCCCCC(=O)OCC(COCCC(C(=O)[O-])[N+](C)(C)C)OC(=O)CCCCCCCCCCC. The molecule has 0 bridgehead atoms. The van der Waals surface area contributed by atoms with Crippen LogP contribution in [0, 0.1) is 0 Å². The summed E-state index contributed by atoms with van der Waals surface area (Å²) in [6.45, 7) is 4.65. The van der Waals surface area contributed by atoms with Crippen molar-refractivity contribution in [3.8, 4) is 0 Å². The number of ether oxygens (including phenoxy) is 3. The highest BCUT2D eigenvalue weighted by molar-refractivity contribution is 5.70. The molecule has 8 heteroatoms. The van der Waals surface area contributed by atoms with Crippen molar-refractivity contribution in [1.82, 2.24) is 0 Å². The van der Waals surface area contributed by atoms with Gasteiger partial charge in [-0.05, 0) is 38.5 Å². The predicted octanol–water partition coefficient (Wildman–Crippen LogP) is 10.2. The first-order valence-corrected chi connectivity index (χ1v) is 21.7. The Morgan fingerprint density at radius 3 is 1.38 bits per heavy atom. The van der Waals surface area contributed by atoms with Gasteiger partial charge in [0.2, 0.25) is 0 Å². The van der Waals surface area contributed by atoms with Crippen molar-refractivity contribution in [3.05, 3.63) is 12.2 Å². The monoisotopic (exact) mass is 738 g/mol. The Bertz CT molecular complexity index is 869. The zero-order valence-electron chi connectivity index (χ0n) is 34.7. The first-order chi connectivity index (χ1) is 25.1. The summed E-state index contributed by atoms with van der Waals surface area (Å²) in [7, 11) is 5.40. The number of nitrogens with zero attached hydrogens (tertiary/aromatic N) is 1. The number of hydrogen-bond acceptors (Lipinski definition) is 7. The van der Waals surface area contributed by atoms with Gasteiger partial charge in [-0.15, -0.1) is 0 Å². The molecule has 0 aromatic carbocycles. The van der Waals surface area contributed by atoms with Crippen LogP contribution in [0.2, 0.25) is 0 Å². The second-order valence-electron chi connectivity index (χ2n) is 15.9. The third kappa shape index (κ3) is 33.9. The second kappa shape index (κ2) is 36.1. The summed E-state index contributed by atoms with van der Waals surface area (Å²) in [6.07, 6.45) is 36.7. The minimum absolute atomic E-state index is 0.0444. The molecule has 2 unspecified atom stereocenters. The smallest absolute Gasteiger partial charge is 0.306 e. The summed E-state index contributed by atoms with van der Waals surface area (Å²) in [5.41, 5.74) is 0. The molecule has 0 spiro atoms. The molecule has 0 aromatic rings. The molecule has 0 saturated heterocycles. The molecule has 306 valence electrons. The largest absolute Gasteiger partial charge is 0.544 e. The van der Waals surface area contributed by atoms with Gasteiger partial charge < -0.3 is 28.6 Å². The number of carboxylic acids is 1.